The molecule has 1 aromatic heterocycles. The van der Waals surface area contributed by atoms with Gasteiger partial charge in [0.2, 0.25) is 5.82 Å². The van der Waals surface area contributed by atoms with Crippen molar-refractivity contribution in [3.05, 3.63) is 11.6 Å². The Hall–Kier alpha value is -1.39. The number of amides is 1. The predicted molar refractivity (Wildman–Crippen MR) is 80.6 cm³/mol. The molecule has 5 heteroatoms. The highest BCUT2D eigenvalue weighted by molar-refractivity contribution is 5.90. The van der Waals surface area contributed by atoms with Crippen molar-refractivity contribution in [3.8, 4) is 0 Å². The maximum absolute atomic E-state index is 12.6. The average Bonchev–Trinajstić information content (AvgIpc) is 2.87. The molecule has 1 N–H and O–H groups in total. The van der Waals surface area contributed by atoms with Crippen molar-refractivity contribution in [1.29, 1.82) is 0 Å². The molecular formula is C15H28N4O. The Morgan fingerprint density at radius 2 is 1.90 bits per heavy atom. The van der Waals surface area contributed by atoms with Crippen molar-refractivity contribution >= 4 is 5.91 Å². The highest BCUT2D eigenvalue weighted by Crippen LogP contribution is 2.14. The second kappa shape index (κ2) is 8.02. The van der Waals surface area contributed by atoms with Gasteiger partial charge in [0, 0.05) is 19.0 Å². The van der Waals surface area contributed by atoms with Crippen LogP contribution in [-0.2, 0) is 6.42 Å². The van der Waals surface area contributed by atoms with Crippen molar-refractivity contribution in [3.63, 3.8) is 0 Å². The van der Waals surface area contributed by atoms with Crippen LogP contribution in [0.3, 0.4) is 0 Å². The largest absolute Gasteiger partial charge is 0.333 e. The first-order valence-electron chi connectivity index (χ1n) is 7.75. The van der Waals surface area contributed by atoms with Gasteiger partial charge in [-0.3, -0.25) is 9.89 Å². The van der Waals surface area contributed by atoms with Gasteiger partial charge < -0.3 is 4.90 Å². The number of hydrogen-bond donors (Lipinski definition) is 1. The number of aromatic amines is 1. The molecule has 1 heterocycles. The van der Waals surface area contributed by atoms with E-state index in [1.807, 2.05) is 4.90 Å². The molecule has 0 saturated heterocycles. The first kappa shape index (κ1) is 16.7. The van der Waals surface area contributed by atoms with Crippen LogP contribution in [-0.4, -0.2) is 38.6 Å². The van der Waals surface area contributed by atoms with Crippen molar-refractivity contribution in [2.75, 3.05) is 6.54 Å². The molecule has 20 heavy (non-hydrogen) atoms. The van der Waals surface area contributed by atoms with E-state index in [-0.39, 0.29) is 11.9 Å². The fraction of sp³-hybridized carbons (Fsp3) is 0.800. The summed E-state index contributed by atoms with van der Waals surface area (Å²) in [6.45, 7) is 11.3. The average molecular weight is 280 g/mol. The van der Waals surface area contributed by atoms with Gasteiger partial charge in [-0.1, -0.05) is 34.6 Å². The SMILES string of the molecule is CCCc1nc(C(=O)N(CC(C)C)C(CC)CC)n[nH]1. The van der Waals surface area contributed by atoms with Gasteiger partial charge in [-0.25, -0.2) is 4.98 Å². The van der Waals surface area contributed by atoms with Crippen molar-refractivity contribution in [1.82, 2.24) is 20.1 Å². The predicted octanol–water partition coefficient (Wildman–Crippen LogP) is 3.04. The van der Waals surface area contributed by atoms with Crippen molar-refractivity contribution in [2.24, 2.45) is 5.92 Å². The molecule has 0 aliphatic heterocycles. The molecule has 0 bridgehead atoms. The normalized spacial score (nSPS) is 11.3. The van der Waals surface area contributed by atoms with Crippen LogP contribution in [0.1, 0.15) is 70.3 Å². The molecule has 1 aromatic rings. The fourth-order valence-electron chi connectivity index (χ4n) is 2.39. The number of nitrogens with zero attached hydrogens (tertiary/aromatic N) is 3. The third kappa shape index (κ3) is 4.32. The maximum Gasteiger partial charge on any atom is 0.293 e. The quantitative estimate of drug-likeness (QED) is 0.796. The molecule has 0 saturated carbocycles. The van der Waals surface area contributed by atoms with E-state index in [0.717, 1.165) is 38.1 Å². The summed E-state index contributed by atoms with van der Waals surface area (Å²) < 4.78 is 0. The molecule has 0 aliphatic rings. The molecule has 1 amide bonds. The van der Waals surface area contributed by atoms with Crippen LogP contribution in [0.4, 0.5) is 0 Å². The van der Waals surface area contributed by atoms with Crippen LogP contribution in [0.15, 0.2) is 0 Å². The molecule has 0 radical (unpaired) electrons. The fourth-order valence-corrected chi connectivity index (χ4v) is 2.39. The lowest BCUT2D eigenvalue weighted by Crippen LogP contribution is -2.42. The Morgan fingerprint density at radius 3 is 2.40 bits per heavy atom. The Morgan fingerprint density at radius 1 is 1.25 bits per heavy atom. The zero-order valence-electron chi connectivity index (χ0n) is 13.4. The number of nitrogens with one attached hydrogen (secondary N) is 1. The van der Waals surface area contributed by atoms with Crippen molar-refractivity contribution < 1.29 is 4.79 Å². The van der Waals surface area contributed by atoms with Gasteiger partial charge in [0.15, 0.2) is 0 Å². The Balaban J connectivity index is 2.90. The maximum atomic E-state index is 12.6. The third-order valence-corrected chi connectivity index (χ3v) is 3.42. The molecule has 5 nitrogen and oxygen atoms in total. The molecular weight excluding hydrogens is 252 g/mol. The zero-order chi connectivity index (χ0) is 15.1. The van der Waals surface area contributed by atoms with E-state index in [4.69, 9.17) is 0 Å². The number of aromatic nitrogens is 3. The molecule has 0 atom stereocenters. The molecule has 1 rings (SSSR count). The highest BCUT2D eigenvalue weighted by Gasteiger charge is 2.26. The van der Waals surface area contributed by atoms with Crippen LogP contribution >= 0.6 is 0 Å². The number of rotatable bonds is 8. The van der Waals surface area contributed by atoms with Crippen LogP contribution in [0, 0.1) is 5.92 Å². The standard InChI is InChI=1S/C15H28N4O/c1-6-9-13-16-14(18-17-13)15(20)19(10-11(4)5)12(7-2)8-3/h11-12H,6-10H2,1-5H3,(H,16,17,18). The Kier molecular flexibility index (Phi) is 6.68. The number of carbonyl (C=O) groups is 1. The molecule has 0 unspecified atom stereocenters. The van der Waals surface area contributed by atoms with E-state index in [0.29, 0.717) is 11.7 Å². The van der Waals surface area contributed by atoms with E-state index in [1.54, 1.807) is 0 Å². The minimum atomic E-state index is -0.0500. The molecule has 0 spiro atoms. The second-order valence-electron chi connectivity index (χ2n) is 5.68. The number of aryl methyl sites for hydroxylation is 1. The summed E-state index contributed by atoms with van der Waals surface area (Å²) in [6, 6.07) is 0.262. The monoisotopic (exact) mass is 280 g/mol. The summed E-state index contributed by atoms with van der Waals surface area (Å²) in [5.74, 6) is 1.49. The first-order chi connectivity index (χ1) is 9.53. The lowest BCUT2D eigenvalue weighted by atomic mass is 10.1. The van der Waals surface area contributed by atoms with Gasteiger partial charge >= 0.3 is 0 Å². The van der Waals surface area contributed by atoms with Crippen LogP contribution in [0.2, 0.25) is 0 Å². The van der Waals surface area contributed by atoms with Crippen molar-refractivity contribution in [2.45, 2.75) is 66.3 Å². The van der Waals surface area contributed by atoms with E-state index in [9.17, 15) is 4.79 Å². The molecule has 0 aliphatic carbocycles. The zero-order valence-corrected chi connectivity index (χ0v) is 13.4. The van der Waals surface area contributed by atoms with Crippen LogP contribution in [0.25, 0.3) is 0 Å². The Bertz CT molecular complexity index is 410. The lowest BCUT2D eigenvalue weighted by Gasteiger charge is -2.31. The first-order valence-corrected chi connectivity index (χ1v) is 7.75. The van der Waals surface area contributed by atoms with E-state index in [1.165, 1.54) is 0 Å². The van der Waals surface area contributed by atoms with Gasteiger partial charge in [0.05, 0.1) is 0 Å². The number of H-pyrrole nitrogens is 1. The van der Waals surface area contributed by atoms with E-state index >= 15 is 0 Å². The lowest BCUT2D eigenvalue weighted by molar-refractivity contribution is 0.0628. The summed E-state index contributed by atoms with van der Waals surface area (Å²) >= 11 is 0. The summed E-state index contributed by atoms with van der Waals surface area (Å²) in [4.78, 5) is 18.9. The molecule has 0 fully saturated rings. The van der Waals surface area contributed by atoms with Gasteiger partial charge in [0.1, 0.15) is 5.82 Å². The topological polar surface area (TPSA) is 61.9 Å². The van der Waals surface area contributed by atoms with Gasteiger partial charge in [-0.15, -0.1) is 5.10 Å². The molecule has 114 valence electrons. The van der Waals surface area contributed by atoms with Crippen LogP contribution < -0.4 is 0 Å². The second-order valence-corrected chi connectivity index (χ2v) is 5.68. The minimum absolute atomic E-state index is 0.0500. The summed E-state index contributed by atoms with van der Waals surface area (Å²) in [5, 5.41) is 6.95. The summed E-state index contributed by atoms with van der Waals surface area (Å²) in [5.41, 5.74) is 0. The molecule has 0 aromatic carbocycles. The Labute approximate surface area is 122 Å². The summed E-state index contributed by atoms with van der Waals surface area (Å²) in [7, 11) is 0. The summed E-state index contributed by atoms with van der Waals surface area (Å²) in [6.07, 6.45) is 3.74. The van der Waals surface area contributed by atoms with E-state index in [2.05, 4.69) is 49.8 Å². The van der Waals surface area contributed by atoms with Crippen LogP contribution in [0.5, 0.6) is 0 Å². The van der Waals surface area contributed by atoms with Gasteiger partial charge in [-0.2, -0.15) is 0 Å². The van der Waals surface area contributed by atoms with E-state index < -0.39 is 0 Å². The van der Waals surface area contributed by atoms with Gasteiger partial charge in [0.25, 0.3) is 5.91 Å². The number of hydrogen-bond acceptors (Lipinski definition) is 3. The smallest absolute Gasteiger partial charge is 0.293 e. The minimum Gasteiger partial charge on any atom is -0.333 e. The highest BCUT2D eigenvalue weighted by atomic mass is 16.2. The third-order valence-electron chi connectivity index (χ3n) is 3.42. The van der Waals surface area contributed by atoms with Gasteiger partial charge in [-0.05, 0) is 25.2 Å². The number of carbonyl (C=O) groups excluding carboxylic acids is 1.